The third-order valence-electron chi connectivity index (χ3n) is 1.55. The quantitative estimate of drug-likeness (QED) is 0.560. The lowest BCUT2D eigenvalue weighted by Crippen LogP contribution is -2.17. The molecule has 0 unspecified atom stereocenters. The van der Waals surface area contributed by atoms with Crippen LogP contribution in [0, 0.1) is 0 Å². The smallest absolute Gasteiger partial charge is 0.250 e. The van der Waals surface area contributed by atoms with E-state index in [9.17, 15) is 9.59 Å². The number of nitrogens with zero attached hydrogens (tertiary/aromatic N) is 1. The molecular weight excluding hydrogens is 222 g/mol. The van der Waals surface area contributed by atoms with Gasteiger partial charge in [-0.1, -0.05) is 15.9 Å². The van der Waals surface area contributed by atoms with E-state index in [-0.39, 0.29) is 16.7 Å². The summed E-state index contributed by atoms with van der Waals surface area (Å²) in [7, 11) is 1.64. The molecule has 0 aliphatic heterocycles. The summed E-state index contributed by atoms with van der Waals surface area (Å²) in [6.45, 7) is 0. The Bertz CT molecular complexity index is 356. The highest BCUT2D eigenvalue weighted by Gasteiger charge is 2.03. The van der Waals surface area contributed by atoms with Crippen LogP contribution in [0.4, 0.5) is 0 Å². The summed E-state index contributed by atoms with van der Waals surface area (Å²) in [5.74, 6) is -0.0762. The van der Waals surface area contributed by atoms with E-state index in [4.69, 9.17) is 0 Å². The number of hydrogen-bond acceptors (Lipinski definition) is 2. The van der Waals surface area contributed by atoms with Crippen LogP contribution in [-0.4, -0.2) is 15.7 Å². The van der Waals surface area contributed by atoms with Crippen molar-refractivity contribution in [3.63, 3.8) is 0 Å². The van der Waals surface area contributed by atoms with E-state index in [1.54, 1.807) is 19.3 Å². The van der Waals surface area contributed by atoms with Crippen molar-refractivity contribution < 1.29 is 4.79 Å². The summed E-state index contributed by atoms with van der Waals surface area (Å²) in [5.41, 5.74) is 0.289. The van der Waals surface area contributed by atoms with Gasteiger partial charge in [-0.05, 0) is 6.07 Å². The molecule has 4 heteroatoms. The molecule has 0 saturated heterocycles. The van der Waals surface area contributed by atoms with Gasteiger partial charge in [0.05, 0.1) is 5.33 Å². The first kappa shape index (κ1) is 9.19. The minimum atomic E-state index is -0.165. The Hall–Kier alpha value is -0.900. The van der Waals surface area contributed by atoms with Gasteiger partial charge in [-0.15, -0.1) is 0 Å². The predicted octanol–water partition coefficient (Wildman–Crippen LogP) is 0.963. The number of hydrogen-bond donors (Lipinski definition) is 0. The highest BCUT2D eigenvalue weighted by Crippen LogP contribution is 1.98. The highest BCUT2D eigenvalue weighted by molar-refractivity contribution is 9.09. The number of Topliss-reactive ketones (excluding diaryl/α,β-unsaturated/α-hetero) is 1. The average Bonchev–Trinajstić information content (AvgIpc) is 2.08. The molecule has 0 aliphatic carbocycles. The lowest BCUT2D eigenvalue weighted by molar-refractivity contribution is 0.102. The zero-order valence-electron chi connectivity index (χ0n) is 6.58. The lowest BCUT2D eigenvalue weighted by Gasteiger charge is -1.98. The number of aromatic nitrogens is 1. The first-order valence-corrected chi connectivity index (χ1v) is 4.53. The van der Waals surface area contributed by atoms with Crippen molar-refractivity contribution >= 4 is 21.7 Å². The summed E-state index contributed by atoms with van der Waals surface area (Å²) >= 11 is 3.04. The zero-order valence-corrected chi connectivity index (χ0v) is 8.17. The van der Waals surface area contributed by atoms with Crippen molar-refractivity contribution in [2.45, 2.75) is 0 Å². The van der Waals surface area contributed by atoms with Gasteiger partial charge in [-0.2, -0.15) is 0 Å². The number of carbonyl (C=O) groups is 1. The number of ketones is 1. The van der Waals surface area contributed by atoms with Gasteiger partial charge in [-0.3, -0.25) is 9.59 Å². The van der Waals surface area contributed by atoms with Crippen LogP contribution in [0.2, 0.25) is 0 Å². The molecule has 12 heavy (non-hydrogen) atoms. The van der Waals surface area contributed by atoms with Crippen molar-refractivity contribution in [2.24, 2.45) is 7.05 Å². The molecule has 64 valence electrons. The van der Waals surface area contributed by atoms with Crippen molar-refractivity contribution in [1.29, 1.82) is 0 Å². The van der Waals surface area contributed by atoms with E-state index in [0.29, 0.717) is 5.56 Å². The van der Waals surface area contributed by atoms with Gasteiger partial charge < -0.3 is 4.57 Å². The first-order valence-electron chi connectivity index (χ1n) is 3.41. The second kappa shape index (κ2) is 3.67. The zero-order chi connectivity index (χ0) is 9.14. The molecule has 0 saturated carbocycles. The number of rotatable bonds is 2. The molecule has 1 aromatic rings. The van der Waals surface area contributed by atoms with Crippen LogP contribution >= 0.6 is 15.9 Å². The molecule has 3 nitrogen and oxygen atoms in total. The molecule has 0 N–H and O–H groups in total. The number of halogens is 1. The molecule has 1 rings (SSSR count). The van der Waals surface area contributed by atoms with Crippen molar-refractivity contribution in [3.8, 4) is 0 Å². The Morgan fingerprint density at radius 2 is 2.33 bits per heavy atom. The van der Waals surface area contributed by atoms with Gasteiger partial charge in [0, 0.05) is 24.9 Å². The Kier molecular flexibility index (Phi) is 2.81. The Morgan fingerprint density at radius 1 is 1.67 bits per heavy atom. The van der Waals surface area contributed by atoms with Crippen molar-refractivity contribution in [2.75, 3.05) is 5.33 Å². The molecule has 1 aromatic heterocycles. The molecule has 0 amide bonds. The highest BCUT2D eigenvalue weighted by atomic mass is 79.9. The first-order chi connectivity index (χ1) is 5.65. The second-order valence-electron chi connectivity index (χ2n) is 2.42. The van der Waals surface area contributed by atoms with Crippen molar-refractivity contribution in [1.82, 2.24) is 4.57 Å². The predicted molar refractivity (Wildman–Crippen MR) is 49.8 cm³/mol. The maximum Gasteiger partial charge on any atom is 0.250 e. The Morgan fingerprint density at radius 3 is 2.83 bits per heavy atom. The van der Waals surface area contributed by atoms with Gasteiger partial charge in [0.1, 0.15) is 0 Å². The lowest BCUT2D eigenvalue weighted by atomic mass is 10.2. The maximum absolute atomic E-state index is 11.1. The standard InChI is InChI=1S/C8H8BrNO2/c1-10-3-2-6(4-8(10)12)7(11)5-9/h2-4H,5H2,1H3. The fraction of sp³-hybridized carbons (Fsp3) is 0.250. The Labute approximate surface area is 78.1 Å². The van der Waals surface area contributed by atoms with Gasteiger partial charge in [0.2, 0.25) is 0 Å². The van der Waals surface area contributed by atoms with E-state index in [1.807, 2.05) is 0 Å². The van der Waals surface area contributed by atoms with E-state index in [0.717, 1.165) is 0 Å². The monoisotopic (exact) mass is 229 g/mol. The molecule has 0 radical (unpaired) electrons. The SMILES string of the molecule is Cn1ccc(C(=O)CBr)cc1=O. The van der Waals surface area contributed by atoms with Gasteiger partial charge >= 0.3 is 0 Å². The van der Waals surface area contributed by atoms with Crippen LogP contribution in [0.5, 0.6) is 0 Å². The molecule has 0 bridgehead atoms. The summed E-state index contributed by atoms with van der Waals surface area (Å²) in [6, 6.07) is 2.97. The Balaban J connectivity index is 3.13. The van der Waals surface area contributed by atoms with Gasteiger partial charge in [-0.25, -0.2) is 0 Å². The minimum absolute atomic E-state index is 0.0762. The van der Waals surface area contributed by atoms with E-state index >= 15 is 0 Å². The molecule has 0 spiro atoms. The molecule has 0 atom stereocenters. The van der Waals surface area contributed by atoms with Gasteiger partial charge in [0.15, 0.2) is 5.78 Å². The van der Waals surface area contributed by atoms with E-state index in [2.05, 4.69) is 15.9 Å². The summed E-state index contributed by atoms with van der Waals surface area (Å²) in [4.78, 5) is 22.1. The molecule has 0 fully saturated rings. The largest absolute Gasteiger partial charge is 0.319 e. The van der Waals surface area contributed by atoms with Crippen molar-refractivity contribution in [3.05, 3.63) is 34.2 Å². The summed E-state index contributed by atoms with van der Waals surface area (Å²) in [5, 5.41) is 0.250. The third-order valence-corrected chi connectivity index (χ3v) is 2.06. The van der Waals surface area contributed by atoms with Crippen LogP contribution in [0.25, 0.3) is 0 Å². The van der Waals surface area contributed by atoms with E-state index < -0.39 is 0 Å². The number of pyridine rings is 1. The topological polar surface area (TPSA) is 39.1 Å². The number of aryl methyl sites for hydroxylation is 1. The van der Waals surface area contributed by atoms with E-state index in [1.165, 1.54) is 10.6 Å². The number of alkyl halides is 1. The molecule has 0 aromatic carbocycles. The molecular formula is C8H8BrNO2. The van der Waals surface area contributed by atoms with Crippen LogP contribution in [0.3, 0.4) is 0 Å². The summed E-state index contributed by atoms with van der Waals surface area (Å²) < 4.78 is 1.42. The fourth-order valence-electron chi connectivity index (χ4n) is 0.799. The van der Waals surface area contributed by atoms with Crippen LogP contribution in [0.15, 0.2) is 23.1 Å². The van der Waals surface area contributed by atoms with Crippen LogP contribution in [-0.2, 0) is 7.05 Å². The molecule has 0 aliphatic rings. The van der Waals surface area contributed by atoms with Gasteiger partial charge in [0.25, 0.3) is 5.56 Å². The fourth-order valence-corrected chi connectivity index (χ4v) is 1.12. The number of carbonyl (C=O) groups excluding carboxylic acids is 1. The maximum atomic E-state index is 11.1. The van der Waals surface area contributed by atoms with Crippen LogP contribution in [0.1, 0.15) is 10.4 Å². The second-order valence-corrected chi connectivity index (χ2v) is 2.98. The summed E-state index contributed by atoms with van der Waals surface area (Å²) in [6.07, 6.45) is 1.58. The third kappa shape index (κ3) is 1.82. The minimum Gasteiger partial charge on any atom is -0.319 e. The normalized spacial score (nSPS) is 9.83. The average molecular weight is 230 g/mol. The van der Waals surface area contributed by atoms with Crippen LogP contribution < -0.4 is 5.56 Å². The molecule has 1 heterocycles.